The zero-order valence-electron chi connectivity index (χ0n) is 16.2. The highest BCUT2D eigenvalue weighted by atomic mass is 32.2. The molecule has 0 aliphatic carbocycles. The average molecular weight is 394 g/mol. The molecule has 0 fully saturated rings. The summed E-state index contributed by atoms with van der Waals surface area (Å²) in [7, 11) is 0. The van der Waals surface area contributed by atoms with Crippen LogP contribution in [0.25, 0.3) is 0 Å². The molecule has 0 radical (unpaired) electrons. The van der Waals surface area contributed by atoms with Crippen molar-refractivity contribution in [3.05, 3.63) is 71.5 Å². The van der Waals surface area contributed by atoms with E-state index in [1.807, 2.05) is 19.1 Å². The molecule has 0 aliphatic rings. The number of carbonyl (C=O) groups excluding carboxylic acids is 1. The highest BCUT2D eigenvalue weighted by Gasteiger charge is 2.08. The summed E-state index contributed by atoms with van der Waals surface area (Å²) in [6, 6.07) is 13.9. The number of nitrogens with one attached hydrogen (secondary N) is 1. The number of ether oxygens (including phenoxy) is 1. The molecule has 2 aromatic carbocycles. The van der Waals surface area contributed by atoms with Crippen LogP contribution in [0.2, 0.25) is 0 Å². The van der Waals surface area contributed by atoms with Crippen molar-refractivity contribution >= 4 is 23.4 Å². The molecule has 0 atom stereocenters. The number of carbonyl (C=O) groups is 1. The van der Waals surface area contributed by atoms with E-state index in [-0.39, 0.29) is 5.91 Å². The van der Waals surface area contributed by atoms with Gasteiger partial charge in [0.15, 0.2) is 0 Å². The Hall–Kier alpha value is -2.86. The Bertz CT molecular complexity index is 961. The van der Waals surface area contributed by atoms with E-state index in [0.29, 0.717) is 18.2 Å². The van der Waals surface area contributed by atoms with Gasteiger partial charge in [-0.05, 0) is 73.9 Å². The van der Waals surface area contributed by atoms with Crippen LogP contribution in [0.3, 0.4) is 0 Å². The molecule has 1 aromatic heterocycles. The van der Waals surface area contributed by atoms with Gasteiger partial charge in [0.05, 0.1) is 0 Å². The summed E-state index contributed by atoms with van der Waals surface area (Å²) in [6.07, 6.45) is 3.70. The molecule has 0 spiro atoms. The Kier molecular flexibility index (Phi) is 6.66. The van der Waals surface area contributed by atoms with Crippen molar-refractivity contribution < 1.29 is 9.53 Å². The van der Waals surface area contributed by atoms with E-state index >= 15 is 0 Å². The van der Waals surface area contributed by atoms with Gasteiger partial charge < -0.3 is 10.1 Å². The van der Waals surface area contributed by atoms with E-state index in [9.17, 15) is 4.79 Å². The fourth-order valence-electron chi connectivity index (χ4n) is 2.56. The first-order chi connectivity index (χ1) is 13.5. The number of rotatable bonds is 7. The predicted octanol–water partition coefficient (Wildman–Crippen LogP) is 5.32. The van der Waals surface area contributed by atoms with Crippen molar-refractivity contribution in [2.24, 2.45) is 0 Å². The molecule has 0 unspecified atom stereocenters. The standard InChI is InChI=1S/C22H23N3O2S/c1-15-5-7-19(14-16(15)2)28-12-9-21(26)25-20-8-6-18(13-17(20)3)27-22-23-10-4-11-24-22/h4-8,10-11,13-14H,9,12H2,1-3H3,(H,25,26). The van der Waals surface area contributed by atoms with Crippen LogP contribution in [0.5, 0.6) is 11.8 Å². The first-order valence-electron chi connectivity index (χ1n) is 9.07. The number of thioether (sulfide) groups is 1. The maximum absolute atomic E-state index is 12.3. The van der Waals surface area contributed by atoms with Crippen LogP contribution >= 0.6 is 11.8 Å². The highest BCUT2D eigenvalue weighted by Crippen LogP contribution is 2.25. The summed E-state index contributed by atoms with van der Waals surface area (Å²) in [6.45, 7) is 6.13. The van der Waals surface area contributed by atoms with E-state index in [0.717, 1.165) is 17.0 Å². The summed E-state index contributed by atoms with van der Waals surface area (Å²) in [5, 5.41) is 2.97. The van der Waals surface area contributed by atoms with Crippen LogP contribution in [-0.4, -0.2) is 21.6 Å². The van der Waals surface area contributed by atoms with Crippen molar-refractivity contribution in [2.45, 2.75) is 32.1 Å². The molecule has 144 valence electrons. The molecule has 0 saturated heterocycles. The van der Waals surface area contributed by atoms with Crippen LogP contribution in [0.1, 0.15) is 23.1 Å². The van der Waals surface area contributed by atoms with Gasteiger partial charge in [0.2, 0.25) is 5.91 Å². The van der Waals surface area contributed by atoms with Crippen molar-refractivity contribution in [1.82, 2.24) is 9.97 Å². The summed E-state index contributed by atoms with van der Waals surface area (Å²) < 4.78 is 5.61. The molecule has 0 saturated carbocycles. The largest absolute Gasteiger partial charge is 0.424 e. The minimum atomic E-state index is -0.000468. The van der Waals surface area contributed by atoms with E-state index in [4.69, 9.17) is 4.74 Å². The quantitative estimate of drug-likeness (QED) is 0.551. The lowest BCUT2D eigenvalue weighted by molar-refractivity contribution is -0.115. The lowest BCUT2D eigenvalue weighted by atomic mass is 10.1. The Labute approximate surface area is 169 Å². The summed E-state index contributed by atoms with van der Waals surface area (Å²) >= 11 is 1.70. The molecule has 28 heavy (non-hydrogen) atoms. The number of aryl methyl sites for hydroxylation is 3. The van der Waals surface area contributed by atoms with E-state index in [1.165, 1.54) is 16.0 Å². The zero-order chi connectivity index (χ0) is 19.9. The molecule has 0 bridgehead atoms. The SMILES string of the molecule is Cc1ccc(SCCC(=O)Nc2ccc(Oc3ncccn3)cc2C)cc1C. The van der Waals surface area contributed by atoms with Crippen LogP contribution in [-0.2, 0) is 4.79 Å². The smallest absolute Gasteiger partial charge is 0.321 e. The van der Waals surface area contributed by atoms with Gasteiger partial charge >= 0.3 is 6.01 Å². The maximum Gasteiger partial charge on any atom is 0.321 e. The normalized spacial score (nSPS) is 10.5. The maximum atomic E-state index is 12.3. The van der Waals surface area contributed by atoms with Gasteiger partial charge in [-0.3, -0.25) is 4.79 Å². The van der Waals surface area contributed by atoms with Crippen molar-refractivity contribution in [1.29, 1.82) is 0 Å². The molecule has 6 heteroatoms. The monoisotopic (exact) mass is 393 g/mol. The molecule has 1 amide bonds. The fraction of sp³-hybridized carbons (Fsp3) is 0.227. The topological polar surface area (TPSA) is 64.1 Å². The Morgan fingerprint density at radius 3 is 2.50 bits per heavy atom. The van der Waals surface area contributed by atoms with Crippen molar-refractivity contribution in [3.8, 4) is 11.8 Å². The van der Waals surface area contributed by atoms with Gasteiger partial charge in [-0.1, -0.05) is 6.07 Å². The van der Waals surface area contributed by atoms with Crippen LogP contribution < -0.4 is 10.1 Å². The van der Waals surface area contributed by atoms with Crippen molar-refractivity contribution in [3.63, 3.8) is 0 Å². The van der Waals surface area contributed by atoms with E-state index < -0.39 is 0 Å². The molecule has 1 N–H and O–H groups in total. The molecule has 5 nitrogen and oxygen atoms in total. The van der Waals surface area contributed by atoms with Gasteiger partial charge in [-0.15, -0.1) is 11.8 Å². The Morgan fingerprint density at radius 1 is 1.00 bits per heavy atom. The Morgan fingerprint density at radius 2 is 1.79 bits per heavy atom. The molecular weight excluding hydrogens is 370 g/mol. The van der Waals surface area contributed by atoms with E-state index in [1.54, 1.807) is 36.3 Å². The number of hydrogen-bond acceptors (Lipinski definition) is 5. The number of hydrogen-bond donors (Lipinski definition) is 1. The second-order valence-corrected chi connectivity index (χ2v) is 7.67. The molecule has 0 aliphatic heterocycles. The number of anilines is 1. The third-order valence-electron chi connectivity index (χ3n) is 4.30. The highest BCUT2D eigenvalue weighted by molar-refractivity contribution is 7.99. The van der Waals surface area contributed by atoms with Crippen LogP contribution in [0, 0.1) is 20.8 Å². The molecular formula is C22H23N3O2S. The van der Waals surface area contributed by atoms with Gasteiger partial charge in [0.1, 0.15) is 5.75 Å². The summed E-state index contributed by atoms with van der Waals surface area (Å²) in [5.74, 6) is 1.37. The fourth-order valence-corrected chi connectivity index (χ4v) is 3.51. The minimum Gasteiger partial charge on any atom is -0.424 e. The number of amides is 1. The first-order valence-corrected chi connectivity index (χ1v) is 10.1. The zero-order valence-corrected chi connectivity index (χ0v) is 17.0. The third kappa shape index (κ3) is 5.57. The van der Waals surface area contributed by atoms with Gasteiger partial charge in [-0.25, -0.2) is 9.97 Å². The second kappa shape index (κ2) is 9.37. The molecule has 1 heterocycles. The van der Waals surface area contributed by atoms with Gasteiger partial charge in [0.25, 0.3) is 0 Å². The Balaban J connectivity index is 1.51. The van der Waals surface area contributed by atoms with Crippen LogP contribution in [0.15, 0.2) is 59.8 Å². The predicted molar refractivity (Wildman–Crippen MR) is 113 cm³/mol. The summed E-state index contributed by atoms with van der Waals surface area (Å²) in [4.78, 5) is 21.5. The molecule has 3 rings (SSSR count). The van der Waals surface area contributed by atoms with Gasteiger partial charge in [-0.2, -0.15) is 0 Å². The minimum absolute atomic E-state index is 0.000468. The first kappa shape index (κ1) is 19.9. The second-order valence-electron chi connectivity index (χ2n) is 6.50. The number of benzene rings is 2. The van der Waals surface area contributed by atoms with Crippen LogP contribution in [0.4, 0.5) is 5.69 Å². The number of aromatic nitrogens is 2. The number of nitrogens with zero attached hydrogens (tertiary/aromatic N) is 2. The van der Waals surface area contributed by atoms with Crippen molar-refractivity contribution in [2.75, 3.05) is 11.1 Å². The van der Waals surface area contributed by atoms with Gasteiger partial charge in [0, 0.05) is 35.2 Å². The molecule has 3 aromatic rings. The average Bonchev–Trinajstić information content (AvgIpc) is 2.68. The lowest BCUT2D eigenvalue weighted by Gasteiger charge is -2.11. The third-order valence-corrected chi connectivity index (χ3v) is 5.29. The lowest BCUT2D eigenvalue weighted by Crippen LogP contribution is -2.13. The summed E-state index contributed by atoms with van der Waals surface area (Å²) in [5.41, 5.74) is 4.25. The van der Waals surface area contributed by atoms with E-state index in [2.05, 4.69) is 47.3 Å².